The van der Waals surface area contributed by atoms with Gasteiger partial charge in [-0.3, -0.25) is 4.79 Å². The van der Waals surface area contributed by atoms with E-state index in [1.165, 1.54) is 12.8 Å². The van der Waals surface area contributed by atoms with E-state index < -0.39 is 0 Å². The summed E-state index contributed by atoms with van der Waals surface area (Å²) >= 11 is 6.08. The molecule has 126 valence electrons. The van der Waals surface area contributed by atoms with Gasteiger partial charge < -0.3 is 10.2 Å². The molecule has 0 bridgehead atoms. The van der Waals surface area contributed by atoms with Crippen molar-refractivity contribution in [2.75, 3.05) is 23.3 Å². The fourth-order valence-corrected chi connectivity index (χ4v) is 3.12. The Morgan fingerprint density at radius 3 is 2.83 bits per heavy atom. The third-order valence-corrected chi connectivity index (χ3v) is 4.79. The van der Waals surface area contributed by atoms with Gasteiger partial charge in [0, 0.05) is 23.8 Å². The minimum atomic E-state index is -0.286. The second kappa shape index (κ2) is 7.18. The number of halogens is 1. The molecule has 0 saturated carbocycles. The second-order valence-corrected chi connectivity index (χ2v) is 6.74. The highest BCUT2D eigenvalue weighted by atomic mass is 35.5. The number of carbonyl (C=O) groups is 1. The predicted molar refractivity (Wildman–Crippen MR) is 96.8 cm³/mol. The van der Waals surface area contributed by atoms with Crippen molar-refractivity contribution in [3.63, 3.8) is 0 Å². The monoisotopic (exact) mass is 344 g/mol. The van der Waals surface area contributed by atoms with E-state index in [0.29, 0.717) is 22.3 Å². The Hall–Kier alpha value is -2.14. The van der Waals surface area contributed by atoms with Crippen molar-refractivity contribution >= 4 is 29.0 Å². The first-order valence-corrected chi connectivity index (χ1v) is 8.57. The van der Waals surface area contributed by atoms with Crippen LogP contribution in [0, 0.1) is 12.8 Å². The summed E-state index contributed by atoms with van der Waals surface area (Å²) in [6.45, 7) is 6.09. The number of amides is 1. The number of carbonyl (C=O) groups excluding carboxylic acids is 1. The van der Waals surface area contributed by atoms with E-state index in [4.69, 9.17) is 11.6 Å². The van der Waals surface area contributed by atoms with Crippen molar-refractivity contribution in [3.05, 3.63) is 46.6 Å². The lowest BCUT2D eigenvalue weighted by Crippen LogP contribution is -2.35. The smallest absolute Gasteiger partial charge is 0.276 e. The SMILES string of the molecule is Cc1c(Cl)cccc1NC(=O)c1ccc(N2CCCC(C)C2)nn1. The Balaban J connectivity index is 1.71. The van der Waals surface area contributed by atoms with E-state index in [0.717, 1.165) is 24.5 Å². The van der Waals surface area contributed by atoms with Crippen molar-refractivity contribution < 1.29 is 4.79 Å². The van der Waals surface area contributed by atoms with Gasteiger partial charge in [0.2, 0.25) is 0 Å². The number of piperidine rings is 1. The summed E-state index contributed by atoms with van der Waals surface area (Å²) in [7, 11) is 0. The highest BCUT2D eigenvalue weighted by Crippen LogP contribution is 2.24. The summed E-state index contributed by atoms with van der Waals surface area (Å²) in [6.07, 6.45) is 2.42. The van der Waals surface area contributed by atoms with Gasteiger partial charge in [-0.2, -0.15) is 0 Å². The zero-order valence-corrected chi connectivity index (χ0v) is 14.7. The van der Waals surface area contributed by atoms with E-state index in [1.54, 1.807) is 18.2 Å². The van der Waals surface area contributed by atoms with Crippen LogP contribution in [0.2, 0.25) is 5.02 Å². The highest BCUT2D eigenvalue weighted by Gasteiger charge is 2.18. The standard InChI is InChI=1S/C18H21ClN4O/c1-12-5-4-10-23(11-12)17-9-8-16(21-22-17)18(24)20-15-7-3-6-14(19)13(15)2/h3,6-9,12H,4-5,10-11H2,1-2H3,(H,20,24). The summed E-state index contributed by atoms with van der Waals surface area (Å²) in [5, 5.41) is 11.8. The molecule has 1 aromatic heterocycles. The molecule has 0 spiro atoms. The zero-order valence-electron chi connectivity index (χ0n) is 13.9. The van der Waals surface area contributed by atoms with Crippen LogP contribution in [0.25, 0.3) is 0 Å². The molecule has 1 N–H and O–H groups in total. The molecule has 1 fully saturated rings. The minimum Gasteiger partial charge on any atom is -0.355 e. The molecule has 3 rings (SSSR count). The number of benzene rings is 1. The quantitative estimate of drug-likeness (QED) is 0.916. The van der Waals surface area contributed by atoms with E-state index in [2.05, 4.69) is 27.3 Å². The molecular formula is C18H21ClN4O. The van der Waals surface area contributed by atoms with Gasteiger partial charge in [-0.1, -0.05) is 24.6 Å². The molecule has 1 saturated heterocycles. The average molecular weight is 345 g/mol. The first-order valence-electron chi connectivity index (χ1n) is 8.19. The summed E-state index contributed by atoms with van der Waals surface area (Å²) in [4.78, 5) is 14.6. The lowest BCUT2D eigenvalue weighted by molar-refractivity contribution is 0.102. The van der Waals surface area contributed by atoms with Gasteiger partial charge in [-0.05, 0) is 55.5 Å². The van der Waals surface area contributed by atoms with Gasteiger partial charge in [0.05, 0.1) is 0 Å². The number of anilines is 2. The predicted octanol–water partition coefficient (Wildman–Crippen LogP) is 3.93. The van der Waals surface area contributed by atoms with E-state index >= 15 is 0 Å². The van der Waals surface area contributed by atoms with E-state index in [9.17, 15) is 4.79 Å². The fourth-order valence-electron chi connectivity index (χ4n) is 2.94. The third kappa shape index (κ3) is 3.67. The van der Waals surface area contributed by atoms with Crippen LogP contribution >= 0.6 is 11.6 Å². The number of nitrogens with zero attached hydrogens (tertiary/aromatic N) is 3. The van der Waals surface area contributed by atoms with Crippen molar-refractivity contribution in [1.29, 1.82) is 0 Å². The topological polar surface area (TPSA) is 58.1 Å². The summed E-state index contributed by atoms with van der Waals surface area (Å²) in [6, 6.07) is 9.00. The van der Waals surface area contributed by atoms with Gasteiger partial charge in [0.25, 0.3) is 5.91 Å². The third-order valence-electron chi connectivity index (χ3n) is 4.38. The van der Waals surface area contributed by atoms with Crippen molar-refractivity contribution in [3.8, 4) is 0 Å². The molecule has 1 atom stereocenters. The lowest BCUT2D eigenvalue weighted by atomic mass is 10.0. The molecule has 2 aromatic rings. The maximum Gasteiger partial charge on any atom is 0.276 e. The second-order valence-electron chi connectivity index (χ2n) is 6.34. The maximum absolute atomic E-state index is 12.3. The molecule has 5 nitrogen and oxygen atoms in total. The fraction of sp³-hybridized carbons (Fsp3) is 0.389. The minimum absolute atomic E-state index is 0.286. The molecular weight excluding hydrogens is 324 g/mol. The van der Waals surface area contributed by atoms with Gasteiger partial charge >= 0.3 is 0 Å². The van der Waals surface area contributed by atoms with Crippen molar-refractivity contribution in [1.82, 2.24) is 10.2 Å². The van der Waals surface area contributed by atoms with Crippen LogP contribution in [0.15, 0.2) is 30.3 Å². The number of hydrogen-bond donors (Lipinski definition) is 1. The number of nitrogens with one attached hydrogen (secondary N) is 1. The highest BCUT2D eigenvalue weighted by molar-refractivity contribution is 6.31. The molecule has 6 heteroatoms. The Kier molecular flexibility index (Phi) is 5.00. The zero-order chi connectivity index (χ0) is 17.1. The van der Waals surface area contributed by atoms with Crippen molar-refractivity contribution in [2.45, 2.75) is 26.7 Å². The molecule has 1 aromatic carbocycles. The van der Waals surface area contributed by atoms with Gasteiger partial charge in [-0.15, -0.1) is 10.2 Å². The average Bonchev–Trinajstić information content (AvgIpc) is 2.59. The molecule has 1 unspecified atom stereocenters. The Morgan fingerprint density at radius 1 is 1.29 bits per heavy atom. The van der Waals surface area contributed by atoms with Crippen LogP contribution in [0.1, 0.15) is 35.8 Å². The van der Waals surface area contributed by atoms with Crippen LogP contribution in [0.4, 0.5) is 11.5 Å². The Labute approximate surface area is 147 Å². The maximum atomic E-state index is 12.3. The molecule has 1 aliphatic heterocycles. The van der Waals surface area contributed by atoms with Gasteiger partial charge in [0.15, 0.2) is 11.5 Å². The summed E-state index contributed by atoms with van der Waals surface area (Å²) < 4.78 is 0. The van der Waals surface area contributed by atoms with Crippen LogP contribution in [-0.2, 0) is 0 Å². The van der Waals surface area contributed by atoms with Crippen LogP contribution in [0.3, 0.4) is 0 Å². The number of aromatic nitrogens is 2. The molecule has 24 heavy (non-hydrogen) atoms. The molecule has 1 amide bonds. The van der Waals surface area contributed by atoms with Crippen LogP contribution in [0.5, 0.6) is 0 Å². The summed E-state index contributed by atoms with van der Waals surface area (Å²) in [5.41, 5.74) is 1.81. The molecule has 2 heterocycles. The first-order chi connectivity index (χ1) is 11.5. The van der Waals surface area contributed by atoms with Gasteiger partial charge in [0.1, 0.15) is 0 Å². The number of rotatable bonds is 3. The largest absolute Gasteiger partial charge is 0.355 e. The molecule has 0 radical (unpaired) electrons. The summed E-state index contributed by atoms with van der Waals surface area (Å²) in [5.74, 6) is 1.21. The lowest BCUT2D eigenvalue weighted by Gasteiger charge is -2.31. The Morgan fingerprint density at radius 2 is 2.12 bits per heavy atom. The molecule has 1 aliphatic rings. The van der Waals surface area contributed by atoms with E-state index in [1.807, 2.05) is 19.1 Å². The van der Waals surface area contributed by atoms with Crippen LogP contribution in [-0.4, -0.2) is 29.2 Å². The van der Waals surface area contributed by atoms with E-state index in [-0.39, 0.29) is 5.91 Å². The van der Waals surface area contributed by atoms with Gasteiger partial charge in [-0.25, -0.2) is 0 Å². The van der Waals surface area contributed by atoms with Crippen molar-refractivity contribution in [2.24, 2.45) is 5.92 Å². The first kappa shape index (κ1) is 16.7. The normalized spacial score (nSPS) is 17.6. The Bertz CT molecular complexity index is 732. The molecule has 0 aliphatic carbocycles. The number of hydrogen-bond acceptors (Lipinski definition) is 4. The van der Waals surface area contributed by atoms with Crippen LogP contribution < -0.4 is 10.2 Å².